The SMILES string of the molecule is CC(C)=CCC/C(C)=C/CC/C(C)=C\CO[C@@H](COP(=O)(O)O[C@H]1OC(C(=O)O)[C@H](O)[C@H](O)C1O)C(=O)O. The van der Waals surface area contributed by atoms with Crippen LogP contribution in [0.15, 0.2) is 34.9 Å². The largest absolute Gasteiger partial charge is 0.479 e. The number of phosphoric ester groups is 1. The van der Waals surface area contributed by atoms with Crippen LogP contribution >= 0.6 is 7.82 Å². The molecule has 0 aromatic heterocycles. The van der Waals surface area contributed by atoms with Crippen molar-refractivity contribution in [1.82, 2.24) is 0 Å². The quantitative estimate of drug-likeness (QED) is 0.117. The zero-order chi connectivity index (χ0) is 29.0. The molecule has 13 nitrogen and oxygen atoms in total. The Labute approximate surface area is 221 Å². The number of hydrogen-bond acceptors (Lipinski definition) is 10. The maximum absolute atomic E-state index is 12.2. The lowest BCUT2D eigenvalue weighted by Crippen LogP contribution is -2.60. The predicted molar refractivity (Wildman–Crippen MR) is 134 cm³/mol. The van der Waals surface area contributed by atoms with E-state index in [4.69, 9.17) is 14.6 Å². The van der Waals surface area contributed by atoms with Crippen LogP contribution in [-0.4, -0.2) is 92.4 Å². The molecule has 0 aliphatic carbocycles. The fourth-order valence-corrected chi connectivity index (χ4v) is 4.12. The molecular weight excluding hydrogens is 527 g/mol. The summed E-state index contributed by atoms with van der Waals surface area (Å²) in [6, 6.07) is 0. The third-order valence-corrected chi connectivity index (χ3v) is 6.52. The summed E-state index contributed by atoms with van der Waals surface area (Å²) in [6.45, 7) is 7.00. The Balaban J connectivity index is 2.57. The molecule has 218 valence electrons. The highest BCUT2D eigenvalue weighted by Gasteiger charge is 2.49. The van der Waals surface area contributed by atoms with Crippen molar-refractivity contribution in [2.24, 2.45) is 0 Å². The number of hydrogen-bond donors (Lipinski definition) is 6. The van der Waals surface area contributed by atoms with E-state index in [2.05, 4.69) is 42.0 Å². The number of aliphatic carboxylic acids is 2. The van der Waals surface area contributed by atoms with Crippen LogP contribution in [0.2, 0.25) is 0 Å². The first-order chi connectivity index (χ1) is 17.6. The highest BCUT2D eigenvalue weighted by Crippen LogP contribution is 2.46. The maximum Gasteiger partial charge on any atom is 0.474 e. The molecule has 14 heteroatoms. The molecular formula is C24H39O13P. The summed E-state index contributed by atoms with van der Waals surface area (Å²) in [5, 5.41) is 47.6. The van der Waals surface area contributed by atoms with E-state index in [1.807, 2.05) is 6.92 Å². The Kier molecular flexibility index (Phi) is 14.6. The number of aliphatic hydroxyl groups is 3. The van der Waals surface area contributed by atoms with Crippen LogP contribution in [0.25, 0.3) is 0 Å². The second-order valence-electron chi connectivity index (χ2n) is 9.22. The van der Waals surface area contributed by atoms with Crippen LogP contribution in [-0.2, 0) is 32.7 Å². The van der Waals surface area contributed by atoms with E-state index in [9.17, 15) is 39.5 Å². The van der Waals surface area contributed by atoms with Gasteiger partial charge in [0.25, 0.3) is 0 Å². The molecule has 0 radical (unpaired) electrons. The molecule has 0 bridgehead atoms. The molecule has 7 atom stereocenters. The van der Waals surface area contributed by atoms with Crippen LogP contribution < -0.4 is 0 Å². The zero-order valence-electron chi connectivity index (χ0n) is 21.9. The van der Waals surface area contributed by atoms with Gasteiger partial charge in [0, 0.05) is 0 Å². The Bertz CT molecular complexity index is 924. The van der Waals surface area contributed by atoms with Crippen molar-refractivity contribution in [1.29, 1.82) is 0 Å². The van der Waals surface area contributed by atoms with Crippen LogP contribution in [0.3, 0.4) is 0 Å². The molecule has 0 saturated carbocycles. The first-order valence-corrected chi connectivity index (χ1v) is 13.5. The third-order valence-electron chi connectivity index (χ3n) is 5.57. The van der Waals surface area contributed by atoms with Gasteiger partial charge in [0.05, 0.1) is 13.2 Å². The van der Waals surface area contributed by atoms with Crippen molar-refractivity contribution in [3.63, 3.8) is 0 Å². The lowest BCUT2D eigenvalue weighted by Gasteiger charge is -2.38. The fraction of sp³-hybridized carbons (Fsp3) is 0.667. The maximum atomic E-state index is 12.2. The lowest BCUT2D eigenvalue weighted by molar-refractivity contribution is -0.274. The third kappa shape index (κ3) is 12.3. The van der Waals surface area contributed by atoms with Gasteiger partial charge in [0.1, 0.15) is 18.3 Å². The van der Waals surface area contributed by atoms with Gasteiger partial charge in [-0.3, -0.25) is 9.05 Å². The number of aliphatic hydroxyl groups excluding tert-OH is 3. The van der Waals surface area contributed by atoms with E-state index in [-0.39, 0.29) is 6.61 Å². The molecule has 1 saturated heterocycles. The number of carboxylic acids is 2. The molecule has 3 unspecified atom stereocenters. The van der Waals surface area contributed by atoms with Gasteiger partial charge >= 0.3 is 19.8 Å². The first-order valence-electron chi connectivity index (χ1n) is 12.0. The van der Waals surface area contributed by atoms with Crippen molar-refractivity contribution in [3.05, 3.63) is 34.9 Å². The molecule has 0 amide bonds. The summed E-state index contributed by atoms with van der Waals surface area (Å²) in [6.07, 6.45) is -2.56. The highest BCUT2D eigenvalue weighted by atomic mass is 31.2. The highest BCUT2D eigenvalue weighted by molar-refractivity contribution is 7.47. The number of rotatable bonds is 16. The van der Waals surface area contributed by atoms with E-state index in [0.717, 1.165) is 31.3 Å². The minimum Gasteiger partial charge on any atom is -0.479 e. The summed E-state index contributed by atoms with van der Waals surface area (Å²) in [5.74, 6) is -3.21. The van der Waals surface area contributed by atoms with Crippen molar-refractivity contribution in [3.8, 4) is 0 Å². The average Bonchev–Trinajstić information content (AvgIpc) is 2.80. The van der Waals surface area contributed by atoms with E-state index in [1.165, 1.54) is 11.1 Å². The van der Waals surface area contributed by atoms with E-state index >= 15 is 0 Å². The number of allylic oxidation sites excluding steroid dienone is 5. The van der Waals surface area contributed by atoms with Gasteiger partial charge < -0.3 is 39.9 Å². The smallest absolute Gasteiger partial charge is 0.474 e. The van der Waals surface area contributed by atoms with E-state index in [1.54, 1.807) is 6.08 Å². The summed E-state index contributed by atoms with van der Waals surface area (Å²) >= 11 is 0. The normalized spacial score (nSPS) is 26.9. The molecule has 1 rings (SSSR count). The zero-order valence-corrected chi connectivity index (χ0v) is 22.8. The standard InChI is InChI=1S/C24H39O13P/c1-14(2)7-5-8-15(3)9-6-10-16(4)11-12-34-17(22(28)29)13-35-38(32,33)37-24-20(27)18(25)19(26)21(36-24)23(30)31/h7,9,11,17-21,24-27H,5-6,8,10,12-13H2,1-4H3,(H,28,29)(H,30,31)(H,32,33)/b15-9+,16-11-/t17-,18-,19+,20?,21?,24+/m0/s1. The molecule has 1 heterocycles. The molecule has 0 spiro atoms. The van der Waals surface area contributed by atoms with Gasteiger partial charge in [0.2, 0.25) is 0 Å². The van der Waals surface area contributed by atoms with Crippen molar-refractivity contribution >= 4 is 19.8 Å². The Morgan fingerprint density at radius 2 is 1.50 bits per heavy atom. The van der Waals surface area contributed by atoms with Gasteiger partial charge in [-0.2, -0.15) is 0 Å². The Hall–Kier alpha value is -1.93. The average molecular weight is 567 g/mol. The van der Waals surface area contributed by atoms with Crippen molar-refractivity contribution < 1.29 is 63.1 Å². The monoisotopic (exact) mass is 566 g/mol. The second-order valence-corrected chi connectivity index (χ2v) is 10.6. The summed E-state index contributed by atoms with van der Waals surface area (Å²) in [4.78, 5) is 32.5. The lowest BCUT2D eigenvalue weighted by atomic mass is 9.99. The molecule has 1 aliphatic heterocycles. The summed E-state index contributed by atoms with van der Waals surface area (Å²) < 4.78 is 31.4. The second kappa shape index (κ2) is 16.2. The summed E-state index contributed by atoms with van der Waals surface area (Å²) in [5.41, 5.74) is 3.51. The van der Waals surface area contributed by atoms with Gasteiger partial charge in [-0.1, -0.05) is 34.9 Å². The number of carbonyl (C=O) groups is 2. The Morgan fingerprint density at radius 1 is 0.921 bits per heavy atom. The molecule has 0 aromatic carbocycles. The molecule has 0 aromatic rings. The van der Waals surface area contributed by atoms with Crippen LogP contribution in [0.5, 0.6) is 0 Å². The minimum atomic E-state index is -5.12. The van der Waals surface area contributed by atoms with E-state index < -0.39 is 63.2 Å². The molecule has 1 fully saturated rings. The number of phosphoric acid groups is 1. The number of ether oxygens (including phenoxy) is 2. The first kappa shape index (κ1) is 34.1. The topological polar surface area (TPSA) is 210 Å². The van der Waals surface area contributed by atoms with Crippen LogP contribution in [0, 0.1) is 0 Å². The van der Waals surface area contributed by atoms with Gasteiger partial charge in [-0.25, -0.2) is 14.2 Å². The van der Waals surface area contributed by atoms with Crippen molar-refractivity contribution in [2.45, 2.75) is 90.2 Å². The predicted octanol–water partition coefficient (Wildman–Crippen LogP) is 1.90. The Morgan fingerprint density at radius 3 is 2.05 bits per heavy atom. The number of carboxylic acid groups (broad SMARTS) is 2. The molecule has 38 heavy (non-hydrogen) atoms. The minimum absolute atomic E-state index is 0.110. The molecule has 1 aliphatic rings. The van der Waals surface area contributed by atoms with E-state index in [0.29, 0.717) is 0 Å². The molecule has 6 N–H and O–H groups in total. The van der Waals surface area contributed by atoms with Gasteiger partial charge in [-0.15, -0.1) is 0 Å². The van der Waals surface area contributed by atoms with Crippen LogP contribution in [0.4, 0.5) is 0 Å². The van der Waals surface area contributed by atoms with Crippen molar-refractivity contribution in [2.75, 3.05) is 13.2 Å². The fourth-order valence-electron chi connectivity index (χ4n) is 3.30. The van der Waals surface area contributed by atoms with Crippen LogP contribution in [0.1, 0.15) is 53.4 Å². The van der Waals surface area contributed by atoms with Gasteiger partial charge in [0.15, 0.2) is 18.5 Å². The summed E-state index contributed by atoms with van der Waals surface area (Å²) in [7, 11) is -5.12. The van der Waals surface area contributed by atoms with Gasteiger partial charge in [-0.05, 0) is 53.4 Å².